The van der Waals surface area contributed by atoms with Crippen LogP contribution >= 0.6 is 11.6 Å². The third-order valence-corrected chi connectivity index (χ3v) is 5.76. The van der Waals surface area contributed by atoms with E-state index >= 15 is 0 Å². The van der Waals surface area contributed by atoms with Gasteiger partial charge >= 0.3 is 0 Å². The van der Waals surface area contributed by atoms with Crippen molar-refractivity contribution in [1.29, 1.82) is 0 Å². The molecular formula is C23H25ClFN5O3. The van der Waals surface area contributed by atoms with Crippen LogP contribution in [0.3, 0.4) is 0 Å². The Kier molecular flexibility index (Phi) is 7.64. The van der Waals surface area contributed by atoms with Crippen LogP contribution in [0.1, 0.15) is 35.3 Å². The van der Waals surface area contributed by atoms with Crippen LogP contribution in [0.5, 0.6) is 5.75 Å². The normalized spacial score (nSPS) is 17.8. The Bertz CT molecular complexity index is 1070. The molecule has 0 bridgehead atoms. The Hall–Kier alpha value is -2.88. The van der Waals surface area contributed by atoms with Crippen molar-refractivity contribution in [3.05, 3.63) is 52.6 Å². The predicted molar refractivity (Wildman–Crippen MR) is 123 cm³/mol. The Morgan fingerprint density at radius 2 is 2.21 bits per heavy atom. The summed E-state index contributed by atoms with van der Waals surface area (Å²) in [7, 11) is 0. The van der Waals surface area contributed by atoms with Gasteiger partial charge in [0.05, 0.1) is 35.1 Å². The lowest BCUT2D eigenvalue weighted by atomic mass is 10.00. The number of piperidine rings is 1. The van der Waals surface area contributed by atoms with Crippen LogP contribution in [0.15, 0.2) is 35.5 Å². The molecule has 4 rings (SSSR count). The molecule has 3 N–H and O–H groups in total. The molecule has 0 unspecified atom stereocenters. The largest absolute Gasteiger partial charge is 0.488 e. The number of hydrogen-bond donors (Lipinski definition) is 3. The van der Waals surface area contributed by atoms with E-state index in [1.54, 1.807) is 12.3 Å². The molecule has 174 valence electrons. The summed E-state index contributed by atoms with van der Waals surface area (Å²) in [6.07, 6.45) is 3.71. The number of carbonyl (C=O) groups is 2. The fraction of sp³-hybridized carbons (Fsp3) is 0.391. The first-order chi connectivity index (χ1) is 16.0. The van der Waals surface area contributed by atoms with Gasteiger partial charge in [0.15, 0.2) is 5.78 Å². The number of ether oxygens (including phenoxy) is 1. The predicted octanol–water partition coefficient (Wildman–Crippen LogP) is 2.57. The van der Waals surface area contributed by atoms with Gasteiger partial charge in [0.2, 0.25) is 5.91 Å². The fourth-order valence-electron chi connectivity index (χ4n) is 3.82. The first kappa shape index (κ1) is 23.3. The monoisotopic (exact) mass is 473 g/mol. The highest BCUT2D eigenvalue weighted by Gasteiger charge is 2.23. The van der Waals surface area contributed by atoms with Gasteiger partial charge < -0.3 is 20.7 Å². The molecule has 2 aromatic rings. The quantitative estimate of drug-likeness (QED) is 0.544. The molecular weight excluding hydrogens is 449 g/mol. The minimum atomic E-state index is -0.532. The van der Waals surface area contributed by atoms with Crippen LogP contribution in [-0.2, 0) is 11.3 Å². The third kappa shape index (κ3) is 6.13. The van der Waals surface area contributed by atoms with E-state index in [-0.39, 0.29) is 48.9 Å². The Balaban J connectivity index is 1.37. The fourth-order valence-corrected chi connectivity index (χ4v) is 3.99. The molecule has 1 amide bonds. The molecule has 1 aromatic carbocycles. The molecule has 1 fully saturated rings. The molecule has 2 aliphatic heterocycles. The van der Waals surface area contributed by atoms with Gasteiger partial charge in [0.25, 0.3) is 0 Å². The topological polar surface area (TPSA) is 105 Å². The number of benzene rings is 1. The van der Waals surface area contributed by atoms with Gasteiger partial charge in [0.1, 0.15) is 18.2 Å². The van der Waals surface area contributed by atoms with Crippen molar-refractivity contribution < 1.29 is 18.7 Å². The summed E-state index contributed by atoms with van der Waals surface area (Å²) in [6, 6.07) is 5.85. The number of halogens is 2. The van der Waals surface area contributed by atoms with Gasteiger partial charge in [-0.3, -0.25) is 19.6 Å². The Morgan fingerprint density at radius 3 is 3.00 bits per heavy atom. The van der Waals surface area contributed by atoms with Crippen molar-refractivity contribution in [2.24, 2.45) is 4.99 Å². The van der Waals surface area contributed by atoms with E-state index < -0.39 is 5.82 Å². The van der Waals surface area contributed by atoms with E-state index in [1.807, 2.05) is 0 Å². The third-order valence-electron chi connectivity index (χ3n) is 5.47. The van der Waals surface area contributed by atoms with Crippen LogP contribution in [0, 0.1) is 5.82 Å². The second kappa shape index (κ2) is 10.8. The number of nitrogens with zero attached hydrogens (tertiary/aromatic N) is 2. The standard InChI is InChI=1S/C23H25ClFN5O3/c24-18-9-16(3-4-19(18)25)33-13-15-8-21(31)17-5-7-28-20(23(17)30-15)11-27-12-22(32)29-14-2-1-6-26-10-14/h3-5,7,9,14,26-27H,1-2,6,8,10-13H2,(H,29,32)/t14-/m0/s1. The van der Waals surface area contributed by atoms with E-state index in [0.29, 0.717) is 28.4 Å². The smallest absolute Gasteiger partial charge is 0.234 e. The number of amides is 1. The lowest BCUT2D eigenvalue weighted by Crippen LogP contribution is -2.47. The molecule has 0 radical (unpaired) electrons. The van der Waals surface area contributed by atoms with Gasteiger partial charge in [0, 0.05) is 37.0 Å². The number of rotatable bonds is 8. The number of fused-ring (bicyclic) bond motifs is 1. The van der Waals surface area contributed by atoms with Crippen molar-refractivity contribution in [1.82, 2.24) is 20.9 Å². The first-order valence-electron chi connectivity index (χ1n) is 10.9. The number of carbonyl (C=O) groups excluding carboxylic acids is 2. The summed E-state index contributed by atoms with van der Waals surface area (Å²) in [6.45, 7) is 2.26. The second-order valence-electron chi connectivity index (χ2n) is 8.01. The van der Waals surface area contributed by atoms with Crippen molar-refractivity contribution in [2.75, 3.05) is 26.2 Å². The highest BCUT2D eigenvalue weighted by atomic mass is 35.5. The van der Waals surface area contributed by atoms with Crippen molar-refractivity contribution >= 4 is 34.7 Å². The summed E-state index contributed by atoms with van der Waals surface area (Å²) in [5.41, 5.74) is 2.08. The molecule has 1 atom stereocenters. The van der Waals surface area contributed by atoms with E-state index in [1.165, 1.54) is 18.2 Å². The Labute approximate surface area is 196 Å². The Morgan fingerprint density at radius 1 is 1.33 bits per heavy atom. The summed E-state index contributed by atoms with van der Waals surface area (Å²) in [4.78, 5) is 33.8. The summed E-state index contributed by atoms with van der Waals surface area (Å²) in [5, 5.41) is 9.31. The number of pyridine rings is 1. The van der Waals surface area contributed by atoms with E-state index in [4.69, 9.17) is 16.3 Å². The zero-order chi connectivity index (χ0) is 23.2. The van der Waals surface area contributed by atoms with Gasteiger partial charge in [-0.15, -0.1) is 0 Å². The van der Waals surface area contributed by atoms with Crippen LogP contribution in [0.4, 0.5) is 10.1 Å². The summed E-state index contributed by atoms with van der Waals surface area (Å²) < 4.78 is 19.0. The van der Waals surface area contributed by atoms with Crippen molar-refractivity contribution in [3.8, 4) is 5.75 Å². The van der Waals surface area contributed by atoms with Crippen molar-refractivity contribution in [3.63, 3.8) is 0 Å². The van der Waals surface area contributed by atoms with Crippen LogP contribution in [-0.4, -0.2) is 54.7 Å². The van der Waals surface area contributed by atoms with E-state index in [0.717, 1.165) is 25.9 Å². The summed E-state index contributed by atoms with van der Waals surface area (Å²) >= 11 is 5.79. The summed E-state index contributed by atoms with van der Waals surface area (Å²) in [5.74, 6) is -0.313. The molecule has 33 heavy (non-hydrogen) atoms. The average Bonchev–Trinajstić information content (AvgIpc) is 2.81. The molecule has 0 spiro atoms. The van der Waals surface area contributed by atoms with Gasteiger partial charge in [-0.2, -0.15) is 0 Å². The first-order valence-corrected chi connectivity index (χ1v) is 11.2. The zero-order valence-corrected chi connectivity index (χ0v) is 18.8. The number of aromatic nitrogens is 1. The molecule has 3 heterocycles. The molecule has 1 aromatic heterocycles. The highest BCUT2D eigenvalue weighted by Crippen LogP contribution is 2.29. The van der Waals surface area contributed by atoms with Gasteiger partial charge in [-0.05, 0) is 37.6 Å². The molecule has 8 nitrogen and oxygen atoms in total. The number of nitrogens with one attached hydrogen (secondary N) is 3. The zero-order valence-electron chi connectivity index (χ0n) is 18.0. The molecule has 0 aliphatic carbocycles. The minimum absolute atomic E-state index is 0.0409. The lowest BCUT2D eigenvalue weighted by molar-refractivity contribution is -0.121. The molecule has 1 saturated heterocycles. The SMILES string of the molecule is O=C(CNCc1nccc2c1N=C(COc1ccc(F)c(Cl)c1)CC2=O)N[C@H]1CCCNC1. The maximum absolute atomic E-state index is 13.3. The van der Waals surface area contributed by atoms with Crippen LogP contribution < -0.4 is 20.7 Å². The number of ketones is 1. The lowest BCUT2D eigenvalue weighted by Gasteiger charge is -2.23. The van der Waals surface area contributed by atoms with Gasteiger partial charge in [-0.1, -0.05) is 11.6 Å². The highest BCUT2D eigenvalue weighted by molar-refractivity contribution is 6.30. The van der Waals surface area contributed by atoms with E-state index in [9.17, 15) is 14.0 Å². The minimum Gasteiger partial charge on any atom is -0.488 e. The maximum atomic E-state index is 13.3. The second-order valence-corrected chi connectivity index (χ2v) is 8.42. The van der Waals surface area contributed by atoms with Crippen LogP contribution in [0.2, 0.25) is 5.02 Å². The van der Waals surface area contributed by atoms with Gasteiger partial charge in [-0.25, -0.2) is 4.39 Å². The van der Waals surface area contributed by atoms with Crippen LogP contribution in [0.25, 0.3) is 0 Å². The molecule has 2 aliphatic rings. The molecule has 10 heteroatoms. The van der Waals surface area contributed by atoms with Crippen molar-refractivity contribution in [2.45, 2.75) is 31.8 Å². The number of Topliss-reactive ketones (excluding diaryl/α,β-unsaturated/α-hetero) is 1. The average molecular weight is 474 g/mol. The number of aliphatic imine (C=N–C) groups is 1. The molecule has 0 saturated carbocycles. The maximum Gasteiger partial charge on any atom is 0.234 e. The number of hydrogen-bond acceptors (Lipinski definition) is 7. The van der Waals surface area contributed by atoms with E-state index in [2.05, 4.69) is 25.9 Å².